The fourth-order valence-corrected chi connectivity index (χ4v) is 4.70. The lowest BCUT2D eigenvalue weighted by atomic mass is 10.0. The van der Waals surface area contributed by atoms with Crippen molar-refractivity contribution in [2.24, 2.45) is 0 Å². The van der Waals surface area contributed by atoms with Crippen LogP contribution >= 0.6 is 11.6 Å². The van der Waals surface area contributed by atoms with Gasteiger partial charge in [-0.15, -0.1) is 0 Å². The van der Waals surface area contributed by atoms with Gasteiger partial charge in [0.15, 0.2) is 0 Å². The minimum absolute atomic E-state index is 0. The van der Waals surface area contributed by atoms with Crippen LogP contribution in [0.25, 0.3) is 0 Å². The largest absolute Gasteiger partial charge is 0.331 e. The number of hydrogen-bond acceptors (Lipinski definition) is 2. The number of benzene rings is 3. The number of hydrogen-bond donors (Lipinski definition) is 2. The molecular formula is C34H46ClN3O2. The number of halogens is 1. The molecule has 2 amide bonds. The van der Waals surface area contributed by atoms with E-state index in [1.165, 1.54) is 36.9 Å². The summed E-state index contributed by atoms with van der Waals surface area (Å²) >= 11 is 6.49. The summed E-state index contributed by atoms with van der Waals surface area (Å²) < 4.78 is 1.03. The molecule has 0 atom stereocenters. The van der Waals surface area contributed by atoms with Crippen LogP contribution in [0.2, 0.25) is 5.02 Å². The molecule has 0 saturated carbocycles. The Balaban J connectivity index is 0.00000588. The summed E-state index contributed by atoms with van der Waals surface area (Å²) in [5.41, 5.74) is 5.49. The Bertz CT molecular complexity index is 1270. The van der Waals surface area contributed by atoms with E-state index < -0.39 is 0 Å². The summed E-state index contributed by atoms with van der Waals surface area (Å²) in [6.45, 7) is 5.17. The third-order valence-electron chi connectivity index (χ3n) is 7.01. The first-order chi connectivity index (χ1) is 19.1. The molecule has 0 aliphatic rings. The summed E-state index contributed by atoms with van der Waals surface area (Å²) in [5, 5.41) is 6.19. The number of quaternary nitrogens is 1. The molecule has 0 aliphatic heterocycles. The van der Waals surface area contributed by atoms with Crippen molar-refractivity contribution in [2.45, 2.75) is 58.8 Å². The van der Waals surface area contributed by atoms with Crippen LogP contribution in [-0.2, 0) is 12.8 Å². The fraction of sp³-hybridized carbons (Fsp3) is 0.382. The van der Waals surface area contributed by atoms with Gasteiger partial charge < -0.3 is 21.5 Å². The van der Waals surface area contributed by atoms with Crippen molar-refractivity contribution < 1.29 is 15.5 Å². The minimum Gasteiger partial charge on any atom is -0.331 e. The molecule has 0 spiro atoms. The maximum absolute atomic E-state index is 12.9. The monoisotopic (exact) mass is 563 g/mol. The van der Waals surface area contributed by atoms with E-state index in [9.17, 15) is 9.59 Å². The van der Waals surface area contributed by atoms with Crippen LogP contribution in [0.5, 0.6) is 0 Å². The molecule has 0 fully saturated rings. The van der Waals surface area contributed by atoms with Crippen LogP contribution in [0.15, 0.2) is 60.7 Å². The normalized spacial score (nSPS) is 11.3. The quantitative estimate of drug-likeness (QED) is 0.118. The zero-order valence-electron chi connectivity index (χ0n) is 24.6. The summed E-state index contributed by atoms with van der Waals surface area (Å²) in [6, 6.07) is 18.8. The van der Waals surface area contributed by atoms with Crippen LogP contribution in [-0.4, -0.2) is 44.0 Å². The van der Waals surface area contributed by atoms with Crippen molar-refractivity contribution in [3.05, 3.63) is 99.9 Å². The molecule has 3 rings (SSSR count). The zero-order valence-corrected chi connectivity index (χ0v) is 25.4. The number of amides is 2. The molecule has 0 radical (unpaired) electrons. The van der Waals surface area contributed by atoms with E-state index in [0.717, 1.165) is 35.7 Å². The first-order valence-corrected chi connectivity index (χ1v) is 14.7. The molecular weight excluding hydrogens is 518 g/mol. The molecule has 3 aromatic rings. The molecule has 40 heavy (non-hydrogen) atoms. The van der Waals surface area contributed by atoms with Gasteiger partial charge in [-0.2, -0.15) is 12.8 Å². The first-order valence-electron chi connectivity index (χ1n) is 14.3. The lowest BCUT2D eigenvalue weighted by Crippen LogP contribution is -2.35. The number of aryl methyl sites for hydroxylation is 3. The fourth-order valence-electron chi connectivity index (χ4n) is 4.49. The Morgan fingerprint density at radius 3 is 1.93 bits per heavy atom. The van der Waals surface area contributed by atoms with Gasteiger partial charge in [0.1, 0.15) is 0 Å². The van der Waals surface area contributed by atoms with Crippen molar-refractivity contribution in [1.82, 2.24) is 0 Å². The molecule has 6 heteroatoms. The van der Waals surface area contributed by atoms with Crippen molar-refractivity contribution in [1.29, 1.82) is 0 Å². The van der Waals surface area contributed by atoms with E-state index in [-0.39, 0.29) is 13.2 Å². The average molecular weight is 564 g/mol. The van der Waals surface area contributed by atoms with Crippen LogP contribution in [0.1, 0.15) is 77.9 Å². The van der Waals surface area contributed by atoms with Crippen LogP contribution in [0, 0.1) is 13.3 Å². The minimum atomic E-state index is -0.220. The van der Waals surface area contributed by atoms with Gasteiger partial charge in [0.25, 0.3) is 11.8 Å². The van der Waals surface area contributed by atoms with Gasteiger partial charge in [0, 0.05) is 18.2 Å². The predicted octanol–water partition coefficient (Wildman–Crippen LogP) is 8.36. The maximum atomic E-state index is 12.9. The van der Waals surface area contributed by atoms with Crippen LogP contribution < -0.4 is 10.6 Å². The van der Waals surface area contributed by atoms with E-state index in [0.29, 0.717) is 27.5 Å². The van der Waals surface area contributed by atoms with Gasteiger partial charge >= 0.3 is 0 Å². The second kappa shape index (κ2) is 15.0. The molecule has 216 valence electrons. The number of carbonyl (C=O) groups excluding carboxylic acids is 2. The number of nitrogens with one attached hydrogen (secondary N) is 2. The van der Waals surface area contributed by atoms with Crippen molar-refractivity contribution in [3.63, 3.8) is 0 Å². The van der Waals surface area contributed by atoms with Gasteiger partial charge in [-0.3, -0.25) is 9.59 Å². The molecule has 0 aliphatic carbocycles. The van der Waals surface area contributed by atoms with Crippen molar-refractivity contribution >= 4 is 34.8 Å². The molecule has 2 N–H and O–H groups in total. The number of anilines is 2. The van der Waals surface area contributed by atoms with Gasteiger partial charge in [-0.05, 0) is 79.3 Å². The second-order valence-corrected chi connectivity index (χ2v) is 11.9. The molecule has 0 aromatic heterocycles. The SMILES string of the molecule is CCc1ccc(C(=O)Nc2cc(Cl)c(NC(=O)c3ccc(CCC[CH-]CCCC[N+](C)(C)C)cc3)cc2C)cc1.[HH]. The highest BCUT2D eigenvalue weighted by molar-refractivity contribution is 6.34. The Hall–Kier alpha value is -3.15. The summed E-state index contributed by atoms with van der Waals surface area (Å²) in [4.78, 5) is 25.6. The highest BCUT2D eigenvalue weighted by Crippen LogP contribution is 2.30. The highest BCUT2D eigenvalue weighted by atomic mass is 35.5. The maximum Gasteiger partial charge on any atom is 0.255 e. The van der Waals surface area contributed by atoms with Crippen LogP contribution in [0.3, 0.4) is 0 Å². The Kier molecular flexibility index (Phi) is 11.8. The standard InChI is InChI=1S/C34H44ClN3O2.H2/c1-6-26-14-18-28(19-15-26)33(39)36-31-24-30(35)32(23-25(31)2)37-34(40)29-20-16-27(17-21-29)13-11-9-7-8-10-12-22-38(3,4)5;/h7,14-21,23-24H,6,8-13,22H2,1-5H3,(H,36,39)(H,37,40);1H. The van der Waals surface area contributed by atoms with E-state index in [2.05, 4.69) is 45.1 Å². The van der Waals surface area contributed by atoms with Crippen molar-refractivity contribution in [2.75, 3.05) is 38.3 Å². The lowest BCUT2D eigenvalue weighted by Gasteiger charge is -2.24. The summed E-state index contributed by atoms with van der Waals surface area (Å²) in [7, 11) is 6.72. The molecule has 0 unspecified atom stereocenters. The molecule has 5 nitrogen and oxygen atoms in total. The number of rotatable bonds is 14. The number of nitrogens with zero attached hydrogens (tertiary/aromatic N) is 1. The van der Waals surface area contributed by atoms with E-state index in [1.807, 2.05) is 55.5 Å². The third kappa shape index (κ3) is 10.1. The average Bonchev–Trinajstić information content (AvgIpc) is 2.92. The Morgan fingerprint density at radius 2 is 1.35 bits per heavy atom. The predicted molar refractivity (Wildman–Crippen MR) is 170 cm³/mol. The summed E-state index contributed by atoms with van der Waals surface area (Å²) in [5.74, 6) is -0.421. The highest BCUT2D eigenvalue weighted by Gasteiger charge is 2.14. The van der Waals surface area contributed by atoms with Gasteiger partial charge in [0.2, 0.25) is 0 Å². The molecule has 3 aromatic carbocycles. The Labute approximate surface area is 247 Å². The first kappa shape index (κ1) is 31.4. The smallest absolute Gasteiger partial charge is 0.255 e. The molecule has 0 bridgehead atoms. The number of unbranched alkanes of at least 4 members (excludes halogenated alkanes) is 5. The van der Waals surface area contributed by atoms with Crippen molar-refractivity contribution in [3.8, 4) is 0 Å². The van der Waals surface area contributed by atoms with Gasteiger partial charge in [-0.1, -0.05) is 55.6 Å². The molecule has 0 heterocycles. The second-order valence-electron chi connectivity index (χ2n) is 11.5. The third-order valence-corrected chi connectivity index (χ3v) is 7.32. The van der Waals surface area contributed by atoms with Crippen LogP contribution in [0.4, 0.5) is 11.4 Å². The number of carbonyl (C=O) groups is 2. The van der Waals surface area contributed by atoms with E-state index >= 15 is 0 Å². The van der Waals surface area contributed by atoms with Gasteiger partial charge in [0.05, 0.1) is 38.4 Å². The van der Waals surface area contributed by atoms with E-state index in [1.54, 1.807) is 12.1 Å². The topological polar surface area (TPSA) is 58.2 Å². The zero-order chi connectivity index (χ0) is 29.1. The van der Waals surface area contributed by atoms with E-state index in [4.69, 9.17) is 11.6 Å². The lowest BCUT2D eigenvalue weighted by molar-refractivity contribution is -0.870. The Morgan fingerprint density at radius 1 is 0.800 bits per heavy atom. The van der Waals surface area contributed by atoms with Gasteiger partial charge in [-0.25, -0.2) is 0 Å². The summed E-state index contributed by atoms with van der Waals surface area (Å²) in [6.07, 6.45) is 10.3. The molecule has 0 saturated heterocycles.